The van der Waals surface area contributed by atoms with E-state index in [1.807, 2.05) is 24.3 Å². The van der Waals surface area contributed by atoms with Gasteiger partial charge in [0.15, 0.2) is 11.5 Å². The molecule has 0 unspecified atom stereocenters. The SMILES string of the molecule is COCCOCc1nc(Nc2ccc(C(C)C)cc2)c2ccc(C3=C(Cl)C=C=C=N3)nc2n1. The number of methoxy groups -OCH3 is 1. The van der Waals surface area contributed by atoms with Crippen molar-refractivity contribution >= 4 is 45.7 Å². The Labute approximate surface area is 197 Å². The highest BCUT2D eigenvalue weighted by Crippen LogP contribution is 2.28. The van der Waals surface area contributed by atoms with Crippen LogP contribution in [0.5, 0.6) is 0 Å². The summed E-state index contributed by atoms with van der Waals surface area (Å²) in [6, 6.07) is 12.1. The Morgan fingerprint density at radius 3 is 2.58 bits per heavy atom. The number of hydrogen-bond acceptors (Lipinski definition) is 7. The second kappa shape index (κ2) is 10.5. The molecule has 0 saturated carbocycles. The summed E-state index contributed by atoms with van der Waals surface area (Å²) in [5.41, 5.74) is 6.56. The van der Waals surface area contributed by atoms with Crippen LogP contribution in [-0.4, -0.2) is 41.1 Å². The lowest BCUT2D eigenvalue weighted by atomic mass is 10.0. The van der Waals surface area contributed by atoms with Gasteiger partial charge < -0.3 is 14.8 Å². The zero-order valence-electron chi connectivity index (χ0n) is 18.7. The Morgan fingerprint density at radius 2 is 1.85 bits per heavy atom. The number of fused-ring (bicyclic) bond motifs is 1. The monoisotopic (exact) mass is 461 g/mol. The molecule has 168 valence electrons. The van der Waals surface area contributed by atoms with E-state index in [4.69, 9.17) is 31.0 Å². The molecule has 8 heteroatoms. The molecule has 3 heterocycles. The molecule has 0 amide bonds. The van der Waals surface area contributed by atoms with Crippen molar-refractivity contribution in [3.05, 3.63) is 70.3 Å². The molecular formula is C25H24ClN5O2. The van der Waals surface area contributed by atoms with Crippen LogP contribution in [0.2, 0.25) is 0 Å². The zero-order chi connectivity index (χ0) is 23.2. The molecule has 1 aliphatic heterocycles. The number of benzene rings is 1. The number of halogens is 1. The average Bonchev–Trinajstić information content (AvgIpc) is 2.82. The fourth-order valence-corrected chi connectivity index (χ4v) is 3.42. The molecule has 0 atom stereocenters. The maximum Gasteiger partial charge on any atom is 0.165 e. The first-order valence-electron chi connectivity index (χ1n) is 10.6. The summed E-state index contributed by atoms with van der Waals surface area (Å²) in [6.45, 7) is 5.52. The van der Waals surface area contributed by atoms with Gasteiger partial charge in [0.25, 0.3) is 0 Å². The van der Waals surface area contributed by atoms with Crippen LogP contribution in [0, 0.1) is 0 Å². The number of ether oxygens (including phenoxy) is 2. The summed E-state index contributed by atoms with van der Waals surface area (Å²) in [5.74, 6) is 4.30. The van der Waals surface area contributed by atoms with Crippen molar-refractivity contribution in [2.75, 3.05) is 25.6 Å². The maximum absolute atomic E-state index is 6.28. The lowest BCUT2D eigenvalue weighted by Crippen LogP contribution is -2.08. The third-order valence-electron chi connectivity index (χ3n) is 5.01. The first-order chi connectivity index (χ1) is 16.0. The van der Waals surface area contributed by atoms with Crippen LogP contribution in [0.15, 0.2) is 58.2 Å². The van der Waals surface area contributed by atoms with Crippen molar-refractivity contribution in [3.8, 4) is 0 Å². The van der Waals surface area contributed by atoms with E-state index < -0.39 is 0 Å². The largest absolute Gasteiger partial charge is 0.382 e. The van der Waals surface area contributed by atoms with Gasteiger partial charge in [-0.3, -0.25) is 0 Å². The van der Waals surface area contributed by atoms with Gasteiger partial charge in [0.05, 0.1) is 29.3 Å². The van der Waals surface area contributed by atoms with Gasteiger partial charge >= 0.3 is 0 Å². The molecule has 0 bridgehead atoms. The van der Waals surface area contributed by atoms with Gasteiger partial charge in [-0.15, -0.1) is 0 Å². The summed E-state index contributed by atoms with van der Waals surface area (Å²) in [4.78, 5) is 18.2. The van der Waals surface area contributed by atoms with Crippen molar-refractivity contribution in [3.63, 3.8) is 0 Å². The van der Waals surface area contributed by atoms with Crippen LogP contribution < -0.4 is 5.32 Å². The molecule has 4 rings (SSSR count). The van der Waals surface area contributed by atoms with Crippen LogP contribution in [0.25, 0.3) is 16.7 Å². The standard InChI is InChI=1S/C25H24ClN5O2/c1-16(2)17-6-8-18(9-7-17)28-24-19-10-11-21(23-20(26)5-4-12-27-23)29-25(19)31-22(30-24)15-33-14-13-32-3/h5-11,16H,13-15H2,1-3H3,(H,28,29,30,31). The third kappa shape index (κ3) is 5.55. The van der Waals surface area contributed by atoms with E-state index in [9.17, 15) is 0 Å². The van der Waals surface area contributed by atoms with Gasteiger partial charge in [-0.05, 0) is 41.5 Å². The minimum absolute atomic E-state index is 0.235. The number of hydrogen-bond donors (Lipinski definition) is 1. The predicted octanol–water partition coefficient (Wildman–Crippen LogP) is 5.36. The van der Waals surface area contributed by atoms with E-state index in [1.54, 1.807) is 13.2 Å². The topological polar surface area (TPSA) is 81.5 Å². The van der Waals surface area contributed by atoms with Gasteiger partial charge in [-0.25, -0.2) is 15.0 Å². The van der Waals surface area contributed by atoms with Gasteiger partial charge in [0, 0.05) is 24.7 Å². The lowest BCUT2D eigenvalue weighted by Gasteiger charge is -2.13. The van der Waals surface area contributed by atoms with Crippen LogP contribution in [0.3, 0.4) is 0 Å². The first-order valence-corrected chi connectivity index (χ1v) is 11.0. The predicted molar refractivity (Wildman–Crippen MR) is 131 cm³/mol. The second-order valence-electron chi connectivity index (χ2n) is 7.71. The van der Waals surface area contributed by atoms with Crippen LogP contribution in [0.1, 0.15) is 36.8 Å². The summed E-state index contributed by atoms with van der Waals surface area (Å²) in [7, 11) is 1.63. The average molecular weight is 462 g/mol. The maximum atomic E-state index is 6.28. The van der Waals surface area contributed by atoms with Crippen molar-refractivity contribution in [1.29, 1.82) is 0 Å². The number of aliphatic imine (C=N–C) groups is 1. The quantitative estimate of drug-likeness (QED) is 0.341. The van der Waals surface area contributed by atoms with Crippen LogP contribution in [0.4, 0.5) is 11.5 Å². The highest BCUT2D eigenvalue weighted by atomic mass is 35.5. The number of allylic oxidation sites excluding steroid dienone is 2. The van der Waals surface area contributed by atoms with Crippen molar-refractivity contribution in [2.24, 2.45) is 4.99 Å². The number of aromatic nitrogens is 3. The molecule has 3 aromatic rings. The summed E-state index contributed by atoms with van der Waals surface area (Å²) >= 11 is 6.28. The second-order valence-corrected chi connectivity index (χ2v) is 8.12. The molecule has 0 fully saturated rings. The Hall–Kier alpha value is -3.31. The van der Waals surface area contributed by atoms with E-state index in [0.717, 1.165) is 11.1 Å². The molecule has 1 aromatic carbocycles. The van der Waals surface area contributed by atoms with E-state index in [0.29, 0.717) is 52.8 Å². The zero-order valence-corrected chi connectivity index (χ0v) is 19.5. The molecule has 0 radical (unpaired) electrons. The lowest BCUT2D eigenvalue weighted by molar-refractivity contribution is 0.0587. The number of pyridine rings is 1. The molecule has 1 aliphatic rings. The van der Waals surface area contributed by atoms with Crippen molar-refractivity contribution in [2.45, 2.75) is 26.4 Å². The van der Waals surface area contributed by atoms with Crippen molar-refractivity contribution < 1.29 is 9.47 Å². The van der Waals surface area contributed by atoms with E-state index in [-0.39, 0.29) is 6.61 Å². The van der Waals surface area contributed by atoms with Crippen LogP contribution >= 0.6 is 11.6 Å². The molecule has 0 spiro atoms. The molecule has 0 aliphatic carbocycles. The van der Waals surface area contributed by atoms with E-state index in [1.165, 1.54) is 5.56 Å². The molecule has 33 heavy (non-hydrogen) atoms. The summed E-state index contributed by atoms with van der Waals surface area (Å²) < 4.78 is 10.7. The fourth-order valence-electron chi connectivity index (χ4n) is 3.23. The minimum Gasteiger partial charge on any atom is -0.382 e. The Kier molecular flexibility index (Phi) is 7.30. The number of nitrogens with zero attached hydrogens (tertiary/aromatic N) is 4. The van der Waals surface area contributed by atoms with Crippen LogP contribution in [-0.2, 0) is 16.1 Å². The van der Waals surface area contributed by atoms with Gasteiger partial charge in [-0.1, -0.05) is 37.6 Å². The third-order valence-corrected chi connectivity index (χ3v) is 5.30. The molecular weight excluding hydrogens is 438 g/mol. The molecule has 2 aromatic heterocycles. The van der Waals surface area contributed by atoms with E-state index >= 15 is 0 Å². The number of nitrogens with one attached hydrogen (secondary N) is 1. The smallest absolute Gasteiger partial charge is 0.165 e. The van der Waals surface area contributed by atoms with Gasteiger partial charge in [0.1, 0.15) is 18.1 Å². The number of rotatable bonds is 9. The van der Waals surface area contributed by atoms with E-state index in [2.05, 4.69) is 52.9 Å². The first kappa shape index (κ1) is 22.9. The fraction of sp³-hybridized carbons (Fsp3) is 0.280. The summed E-state index contributed by atoms with van der Waals surface area (Å²) in [6.07, 6.45) is 1.61. The molecule has 7 nitrogen and oxygen atoms in total. The Balaban J connectivity index is 1.71. The molecule has 1 N–H and O–H groups in total. The van der Waals surface area contributed by atoms with Gasteiger partial charge in [-0.2, -0.15) is 4.99 Å². The minimum atomic E-state index is 0.235. The number of anilines is 2. The Bertz CT molecular complexity index is 1290. The van der Waals surface area contributed by atoms with Crippen molar-refractivity contribution in [1.82, 2.24) is 15.0 Å². The normalized spacial score (nSPS) is 12.9. The highest BCUT2D eigenvalue weighted by molar-refractivity contribution is 6.34. The molecule has 0 saturated heterocycles. The summed E-state index contributed by atoms with van der Waals surface area (Å²) in [5, 5.41) is 4.62. The van der Waals surface area contributed by atoms with Gasteiger partial charge in [0.2, 0.25) is 0 Å². The highest BCUT2D eigenvalue weighted by Gasteiger charge is 2.14. The Morgan fingerprint density at radius 1 is 1.03 bits per heavy atom.